The lowest BCUT2D eigenvalue weighted by molar-refractivity contribution is -0.138. The Hall–Kier alpha value is -2.04. The Morgan fingerprint density at radius 2 is 1.74 bits per heavy atom. The van der Waals surface area contributed by atoms with Gasteiger partial charge in [-0.15, -0.1) is 0 Å². The zero-order valence-corrected chi connectivity index (χ0v) is 11.5. The number of nitrogens with one attached hydrogen (secondary N) is 1. The molecule has 0 aromatic heterocycles. The molecule has 0 aliphatic carbocycles. The van der Waals surface area contributed by atoms with Crippen molar-refractivity contribution in [3.63, 3.8) is 0 Å². The summed E-state index contributed by atoms with van der Waals surface area (Å²) in [7, 11) is 0. The van der Waals surface area contributed by atoms with Crippen LogP contribution in [0, 0.1) is 0 Å². The molecule has 0 heterocycles. The zero-order chi connectivity index (χ0) is 14.4. The van der Waals surface area contributed by atoms with E-state index in [1.165, 1.54) is 6.92 Å². The highest BCUT2D eigenvalue weighted by Gasteiger charge is 2.15. The van der Waals surface area contributed by atoms with Crippen molar-refractivity contribution >= 4 is 17.6 Å². The van der Waals surface area contributed by atoms with E-state index in [2.05, 4.69) is 24.1 Å². The predicted octanol–water partition coefficient (Wildman–Crippen LogP) is 1.74. The van der Waals surface area contributed by atoms with Gasteiger partial charge in [-0.2, -0.15) is 0 Å². The van der Waals surface area contributed by atoms with Crippen LogP contribution in [0.5, 0.6) is 0 Å². The first-order valence-corrected chi connectivity index (χ1v) is 6.38. The molecule has 19 heavy (non-hydrogen) atoms. The van der Waals surface area contributed by atoms with Crippen LogP contribution in [0.15, 0.2) is 24.3 Å². The third-order valence-electron chi connectivity index (χ3n) is 2.98. The van der Waals surface area contributed by atoms with Crippen LogP contribution in [0.25, 0.3) is 0 Å². The van der Waals surface area contributed by atoms with Gasteiger partial charge >= 0.3 is 5.97 Å². The van der Waals surface area contributed by atoms with Crippen molar-refractivity contribution in [1.29, 1.82) is 0 Å². The van der Waals surface area contributed by atoms with Crippen LogP contribution in [0.4, 0.5) is 5.69 Å². The molecule has 0 fully saturated rings. The molecule has 1 rings (SSSR count). The Balaban J connectivity index is 2.76. The summed E-state index contributed by atoms with van der Waals surface area (Å²) < 4.78 is 0. The van der Waals surface area contributed by atoms with E-state index in [9.17, 15) is 9.59 Å². The Morgan fingerprint density at radius 1 is 1.21 bits per heavy atom. The molecule has 0 spiro atoms. The minimum atomic E-state index is -1.05. The highest BCUT2D eigenvalue weighted by molar-refractivity contribution is 5.96. The number of carbonyl (C=O) groups excluding carboxylic acids is 1. The average molecular weight is 264 g/mol. The lowest BCUT2D eigenvalue weighted by Crippen LogP contribution is -2.38. The molecule has 104 valence electrons. The van der Waals surface area contributed by atoms with Crippen molar-refractivity contribution in [3.05, 3.63) is 29.8 Å². The number of anilines is 1. The number of carboxylic acids is 1. The largest absolute Gasteiger partial charge is 0.480 e. The molecule has 1 amide bonds. The van der Waals surface area contributed by atoms with Crippen LogP contribution in [0.2, 0.25) is 0 Å². The predicted molar refractivity (Wildman–Crippen MR) is 74.6 cm³/mol. The topological polar surface area (TPSA) is 69.6 Å². The van der Waals surface area contributed by atoms with Gasteiger partial charge in [0.25, 0.3) is 5.91 Å². The second-order valence-corrected chi connectivity index (χ2v) is 4.25. The number of nitrogens with zero attached hydrogens (tertiary/aromatic N) is 1. The number of amides is 1. The summed E-state index contributed by atoms with van der Waals surface area (Å²) in [5.41, 5.74) is 1.51. The van der Waals surface area contributed by atoms with Gasteiger partial charge in [0.1, 0.15) is 6.04 Å². The van der Waals surface area contributed by atoms with Gasteiger partial charge in [0.05, 0.1) is 0 Å². The fourth-order valence-electron chi connectivity index (χ4n) is 1.75. The standard InChI is InChI=1S/C14H20N2O3/c1-4-16(5-2)12-8-6-11(7-9-12)13(17)15-10(3)14(18)19/h6-10H,4-5H2,1-3H3,(H,15,17)(H,18,19). The molecule has 5 heteroatoms. The molecule has 1 aromatic rings. The van der Waals surface area contributed by atoms with Crippen LogP contribution in [-0.2, 0) is 4.79 Å². The highest BCUT2D eigenvalue weighted by atomic mass is 16.4. The first kappa shape index (κ1) is 15.0. The molecule has 0 saturated heterocycles. The number of aliphatic carboxylic acids is 1. The van der Waals surface area contributed by atoms with E-state index < -0.39 is 12.0 Å². The number of hydrogen-bond acceptors (Lipinski definition) is 3. The summed E-state index contributed by atoms with van der Waals surface area (Å²) >= 11 is 0. The third kappa shape index (κ3) is 3.98. The number of benzene rings is 1. The first-order valence-electron chi connectivity index (χ1n) is 6.38. The SMILES string of the molecule is CCN(CC)c1ccc(C(=O)NC(C)C(=O)O)cc1. The van der Waals surface area contributed by atoms with Gasteiger partial charge in [0.2, 0.25) is 0 Å². The molecule has 0 radical (unpaired) electrons. The van der Waals surface area contributed by atoms with Crippen LogP contribution in [0.3, 0.4) is 0 Å². The number of carboxylic acid groups (broad SMARTS) is 1. The van der Waals surface area contributed by atoms with Crippen LogP contribution < -0.4 is 10.2 Å². The molecular weight excluding hydrogens is 244 g/mol. The second kappa shape index (κ2) is 6.78. The Bertz CT molecular complexity index is 439. The molecule has 0 saturated carbocycles. The Kier molecular flexibility index (Phi) is 5.36. The van der Waals surface area contributed by atoms with E-state index in [0.29, 0.717) is 5.56 Å². The molecule has 0 aliphatic rings. The summed E-state index contributed by atoms with van der Waals surface area (Å²) in [5, 5.41) is 11.2. The van der Waals surface area contributed by atoms with Crippen LogP contribution in [0.1, 0.15) is 31.1 Å². The minimum absolute atomic E-state index is 0.374. The molecule has 0 aliphatic heterocycles. The number of carbonyl (C=O) groups is 2. The maximum absolute atomic E-state index is 11.8. The van der Waals surface area contributed by atoms with Crippen molar-refractivity contribution < 1.29 is 14.7 Å². The molecule has 2 N–H and O–H groups in total. The van der Waals surface area contributed by atoms with Crippen molar-refractivity contribution in [1.82, 2.24) is 5.32 Å². The van der Waals surface area contributed by atoms with E-state index in [-0.39, 0.29) is 5.91 Å². The zero-order valence-electron chi connectivity index (χ0n) is 11.5. The average Bonchev–Trinajstić information content (AvgIpc) is 2.40. The molecule has 0 bridgehead atoms. The normalized spacial score (nSPS) is 11.7. The third-order valence-corrected chi connectivity index (χ3v) is 2.98. The van der Waals surface area contributed by atoms with Crippen molar-refractivity contribution in [3.8, 4) is 0 Å². The molecule has 1 aromatic carbocycles. The van der Waals surface area contributed by atoms with E-state index in [4.69, 9.17) is 5.11 Å². The Morgan fingerprint density at radius 3 is 2.16 bits per heavy atom. The van der Waals surface area contributed by atoms with E-state index in [1.807, 2.05) is 12.1 Å². The summed E-state index contributed by atoms with van der Waals surface area (Å²) in [5.74, 6) is -1.42. The smallest absolute Gasteiger partial charge is 0.325 e. The van der Waals surface area contributed by atoms with E-state index >= 15 is 0 Å². The van der Waals surface area contributed by atoms with Gasteiger partial charge < -0.3 is 15.3 Å². The molecular formula is C14H20N2O3. The summed E-state index contributed by atoms with van der Waals surface area (Å²) in [6.45, 7) is 7.37. The van der Waals surface area contributed by atoms with Crippen molar-refractivity contribution in [2.75, 3.05) is 18.0 Å². The Labute approximate surface area is 113 Å². The summed E-state index contributed by atoms with van der Waals surface area (Å²) in [6.07, 6.45) is 0. The minimum Gasteiger partial charge on any atom is -0.480 e. The fourth-order valence-corrected chi connectivity index (χ4v) is 1.75. The lowest BCUT2D eigenvalue weighted by atomic mass is 10.1. The van der Waals surface area contributed by atoms with Gasteiger partial charge in [0.15, 0.2) is 0 Å². The van der Waals surface area contributed by atoms with Crippen molar-refractivity contribution in [2.45, 2.75) is 26.8 Å². The summed E-state index contributed by atoms with van der Waals surface area (Å²) in [6, 6.07) is 6.26. The van der Waals surface area contributed by atoms with Crippen LogP contribution >= 0.6 is 0 Å². The number of hydrogen-bond donors (Lipinski definition) is 2. The molecule has 1 atom stereocenters. The summed E-state index contributed by atoms with van der Waals surface area (Å²) in [4.78, 5) is 24.6. The van der Waals surface area contributed by atoms with E-state index in [1.54, 1.807) is 12.1 Å². The van der Waals surface area contributed by atoms with Crippen LogP contribution in [-0.4, -0.2) is 36.1 Å². The monoisotopic (exact) mass is 264 g/mol. The lowest BCUT2D eigenvalue weighted by Gasteiger charge is -2.21. The molecule has 5 nitrogen and oxygen atoms in total. The fraction of sp³-hybridized carbons (Fsp3) is 0.429. The first-order chi connectivity index (χ1) is 8.99. The van der Waals surface area contributed by atoms with Gasteiger partial charge in [0, 0.05) is 24.3 Å². The quantitative estimate of drug-likeness (QED) is 0.821. The maximum atomic E-state index is 11.8. The van der Waals surface area contributed by atoms with Gasteiger partial charge in [-0.1, -0.05) is 0 Å². The van der Waals surface area contributed by atoms with Gasteiger partial charge in [-0.05, 0) is 45.0 Å². The van der Waals surface area contributed by atoms with Gasteiger partial charge in [-0.3, -0.25) is 9.59 Å². The second-order valence-electron chi connectivity index (χ2n) is 4.25. The highest BCUT2D eigenvalue weighted by Crippen LogP contribution is 2.14. The van der Waals surface area contributed by atoms with E-state index in [0.717, 1.165) is 18.8 Å². The van der Waals surface area contributed by atoms with Crippen molar-refractivity contribution in [2.24, 2.45) is 0 Å². The maximum Gasteiger partial charge on any atom is 0.325 e. The van der Waals surface area contributed by atoms with Gasteiger partial charge in [-0.25, -0.2) is 0 Å². The molecule has 1 unspecified atom stereocenters. The number of rotatable bonds is 6.